The zero-order chi connectivity index (χ0) is 12.3. The number of benzene rings is 2. The summed E-state index contributed by atoms with van der Waals surface area (Å²) in [6.07, 6.45) is 0. The van der Waals surface area contributed by atoms with E-state index in [1.165, 1.54) is 6.07 Å². The van der Waals surface area contributed by atoms with E-state index in [2.05, 4.69) is 0 Å². The number of anilines is 1. The highest BCUT2D eigenvalue weighted by Gasteiger charge is 2.10. The second kappa shape index (κ2) is 4.50. The van der Waals surface area contributed by atoms with E-state index in [4.69, 9.17) is 11.0 Å². The third-order valence-corrected chi connectivity index (χ3v) is 2.47. The van der Waals surface area contributed by atoms with Crippen LogP contribution in [0.4, 0.5) is 5.69 Å². The third kappa shape index (κ3) is 2.16. The Bertz CT molecular complexity index is 597. The summed E-state index contributed by atoms with van der Waals surface area (Å²) in [6, 6.07) is 15.6. The van der Waals surface area contributed by atoms with Crippen LogP contribution in [0.2, 0.25) is 0 Å². The Morgan fingerprint density at radius 3 is 2.41 bits per heavy atom. The lowest BCUT2D eigenvalue weighted by Crippen LogP contribution is -2.02. The molecule has 0 aromatic heterocycles. The monoisotopic (exact) mass is 222 g/mol. The Morgan fingerprint density at radius 1 is 1.06 bits per heavy atom. The van der Waals surface area contributed by atoms with Crippen LogP contribution < -0.4 is 5.73 Å². The van der Waals surface area contributed by atoms with Gasteiger partial charge in [-0.25, -0.2) is 0 Å². The molecule has 0 amide bonds. The molecule has 2 aromatic carbocycles. The Morgan fingerprint density at radius 2 is 1.76 bits per heavy atom. The van der Waals surface area contributed by atoms with Gasteiger partial charge in [-0.1, -0.05) is 30.3 Å². The molecule has 0 atom stereocenters. The van der Waals surface area contributed by atoms with Crippen molar-refractivity contribution in [2.75, 3.05) is 5.73 Å². The van der Waals surface area contributed by atoms with Crippen molar-refractivity contribution in [2.45, 2.75) is 0 Å². The molecule has 0 radical (unpaired) electrons. The van der Waals surface area contributed by atoms with Crippen molar-refractivity contribution in [1.82, 2.24) is 0 Å². The molecular weight excluding hydrogens is 212 g/mol. The lowest BCUT2D eigenvalue weighted by Gasteiger charge is -2.03. The molecular formula is C14H10N2O. The smallest absolute Gasteiger partial charge is 0.193 e. The highest BCUT2D eigenvalue weighted by atomic mass is 16.1. The fraction of sp³-hybridized carbons (Fsp3) is 0. The predicted molar refractivity (Wildman–Crippen MR) is 65.4 cm³/mol. The van der Waals surface area contributed by atoms with E-state index in [9.17, 15) is 4.79 Å². The topological polar surface area (TPSA) is 66.9 Å². The SMILES string of the molecule is N#Cc1cc(C(=O)c2ccccc2)ccc1N. The van der Waals surface area contributed by atoms with E-state index in [0.717, 1.165) is 0 Å². The minimum absolute atomic E-state index is 0.109. The number of nitrogens with zero attached hydrogens (tertiary/aromatic N) is 1. The molecule has 17 heavy (non-hydrogen) atoms. The normalized spacial score (nSPS) is 9.59. The van der Waals surface area contributed by atoms with Gasteiger partial charge in [-0.15, -0.1) is 0 Å². The Balaban J connectivity index is 2.43. The zero-order valence-electron chi connectivity index (χ0n) is 9.05. The van der Waals surface area contributed by atoms with Gasteiger partial charge in [-0.05, 0) is 18.2 Å². The number of hydrogen-bond donors (Lipinski definition) is 1. The first-order valence-electron chi connectivity index (χ1n) is 5.12. The van der Waals surface area contributed by atoms with Gasteiger partial charge in [0.25, 0.3) is 0 Å². The van der Waals surface area contributed by atoms with Crippen molar-refractivity contribution in [1.29, 1.82) is 5.26 Å². The average molecular weight is 222 g/mol. The van der Waals surface area contributed by atoms with Crippen LogP contribution in [-0.4, -0.2) is 5.78 Å². The number of carbonyl (C=O) groups excluding carboxylic acids is 1. The number of carbonyl (C=O) groups is 1. The highest BCUT2D eigenvalue weighted by Crippen LogP contribution is 2.16. The van der Waals surface area contributed by atoms with Crippen LogP contribution in [-0.2, 0) is 0 Å². The van der Waals surface area contributed by atoms with Gasteiger partial charge >= 0.3 is 0 Å². The van der Waals surface area contributed by atoms with Gasteiger partial charge in [0.1, 0.15) is 6.07 Å². The molecule has 0 heterocycles. The van der Waals surface area contributed by atoms with E-state index < -0.39 is 0 Å². The second-order valence-corrected chi connectivity index (χ2v) is 3.61. The van der Waals surface area contributed by atoms with Gasteiger partial charge in [0, 0.05) is 16.8 Å². The van der Waals surface area contributed by atoms with Crippen LogP contribution >= 0.6 is 0 Å². The van der Waals surface area contributed by atoms with Gasteiger partial charge in [-0.3, -0.25) is 4.79 Å². The molecule has 0 aliphatic heterocycles. The number of rotatable bonds is 2. The third-order valence-electron chi connectivity index (χ3n) is 2.47. The summed E-state index contributed by atoms with van der Waals surface area (Å²) in [5.41, 5.74) is 7.39. The summed E-state index contributed by atoms with van der Waals surface area (Å²) in [5.74, 6) is -0.109. The number of nitriles is 1. The molecule has 0 unspecified atom stereocenters. The Labute approximate surface area is 99.1 Å². The lowest BCUT2D eigenvalue weighted by molar-refractivity contribution is 0.103. The number of ketones is 1. The first-order valence-corrected chi connectivity index (χ1v) is 5.12. The first kappa shape index (κ1) is 10.9. The minimum atomic E-state index is -0.109. The van der Waals surface area contributed by atoms with Crippen LogP contribution in [0, 0.1) is 11.3 Å². The molecule has 2 rings (SSSR count). The molecule has 0 saturated carbocycles. The van der Waals surface area contributed by atoms with Gasteiger partial charge in [0.2, 0.25) is 0 Å². The van der Waals surface area contributed by atoms with E-state index in [-0.39, 0.29) is 5.78 Å². The van der Waals surface area contributed by atoms with Crippen molar-refractivity contribution in [2.24, 2.45) is 0 Å². The maximum absolute atomic E-state index is 12.1. The fourth-order valence-corrected chi connectivity index (χ4v) is 1.55. The maximum Gasteiger partial charge on any atom is 0.193 e. The summed E-state index contributed by atoms with van der Waals surface area (Å²) >= 11 is 0. The van der Waals surface area contributed by atoms with Crippen molar-refractivity contribution < 1.29 is 4.79 Å². The quantitative estimate of drug-likeness (QED) is 0.626. The Hall–Kier alpha value is -2.60. The van der Waals surface area contributed by atoms with Crippen LogP contribution in [0.1, 0.15) is 21.5 Å². The largest absolute Gasteiger partial charge is 0.398 e. The number of nitrogens with two attached hydrogens (primary N) is 1. The molecule has 0 aliphatic carbocycles. The van der Waals surface area contributed by atoms with Crippen LogP contribution in [0.3, 0.4) is 0 Å². The summed E-state index contributed by atoms with van der Waals surface area (Å²) in [6.45, 7) is 0. The number of nitrogen functional groups attached to an aromatic ring is 1. The van der Waals surface area contributed by atoms with Crippen molar-refractivity contribution in [3.8, 4) is 6.07 Å². The molecule has 3 heteroatoms. The van der Waals surface area contributed by atoms with Crippen LogP contribution in [0.15, 0.2) is 48.5 Å². The fourth-order valence-electron chi connectivity index (χ4n) is 1.55. The summed E-state index contributed by atoms with van der Waals surface area (Å²) < 4.78 is 0. The Kier molecular flexibility index (Phi) is 2.89. The molecule has 0 aliphatic rings. The van der Waals surface area contributed by atoms with Gasteiger partial charge in [0.05, 0.1) is 5.56 Å². The number of hydrogen-bond acceptors (Lipinski definition) is 3. The van der Waals surface area contributed by atoms with Gasteiger partial charge in [-0.2, -0.15) is 5.26 Å². The molecule has 2 aromatic rings. The standard InChI is InChI=1S/C14H10N2O/c15-9-12-8-11(6-7-13(12)16)14(17)10-4-2-1-3-5-10/h1-8H,16H2. The minimum Gasteiger partial charge on any atom is -0.398 e. The molecule has 0 saturated heterocycles. The second-order valence-electron chi connectivity index (χ2n) is 3.61. The van der Waals surface area contributed by atoms with E-state index in [0.29, 0.717) is 22.4 Å². The highest BCUT2D eigenvalue weighted by molar-refractivity contribution is 6.09. The summed E-state index contributed by atoms with van der Waals surface area (Å²) in [5, 5.41) is 8.85. The molecule has 3 nitrogen and oxygen atoms in total. The first-order chi connectivity index (χ1) is 8.22. The van der Waals surface area contributed by atoms with Gasteiger partial charge < -0.3 is 5.73 Å². The van der Waals surface area contributed by atoms with Gasteiger partial charge in [0.15, 0.2) is 5.78 Å². The van der Waals surface area contributed by atoms with E-state index >= 15 is 0 Å². The van der Waals surface area contributed by atoms with E-state index in [1.807, 2.05) is 12.1 Å². The summed E-state index contributed by atoms with van der Waals surface area (Å²) in [7, 11) is 0. The molecule has 0 bridgehead atoms. The van der Waals surface area contributed by atoms with Crippen LogP contribution in [0.5, 0.6) is 0 Å². The molecule has 0 spiro atoms. The van der Waals surface area contributed by atoms with Crippen molar-refractivity contribution in [3.05, 3.63) is 65.2 Å². The van der Waals surface area contributed by atoms with Crippen molar-refractivity contribution >= 4 is 11.5 Å². The molecule has 2 N–H and O–H groups in total. The van der Waals surface area contributed by atoms with Crippen molar-refractivity contribution in [3.63, 3.8) is 0 Å². The summed E-state index contributed by atoms with van der Waals surface area (Å²) in [4.78, 5) is 12.1. The average Bonchev–Trinajstić information content (AvgIpc) is 2.39. The predicted octanol–water partition coefficient (Wildman–Crippen LogP) is 2.37. The zero-order valence-corrected chi connectivity index (χ0v) is 9.05. The molecule has 0 fully saturated rings. The lowest BCUT2D eigenvalue weighted by atomic mass is 10.0. The van der Waals surface area contributed by atoms with E-state index in [1.54, 1.807) is 36.4 Å². The maximum atomic E-state index is 12.1. The molecule has 82 valence electrons. The van der Waals surface area contributed by atoms with Crippen LogP contribution in [0.25, 0.3) is 0 Å².